The van der Waals surface area contributed by atoms with E-state index in [9.17, 15) is 19.5 Å². The lowest BCUT2D eigenvalue weighted by Crippen LogP contribution is -2.35. The van der Waals surface area contributed by atoms with Gasteiger partial charge in [0.2, 0.25) is 0 Å². The van der Waals surface area contributed by atoms with E-state index in [-0.39, 0.29) is 16.9 Å². The molecule has 1 aliphatic heterocycles. The summed E-state index contributed by atoms with van der Waals surface area (Å²) in [4.78, 5) is 36.4. The fourth-order valence-electron chi connectivity index (χ4n) is 2.93. The largest absolute Gasteiger partial charge is 0.478 e. The second-order valence-corrected chi connectivity index (χ2v) is 7.41. The van der Waals surface area contributed by atoms with Gasteiger partial charge in [-0.25, -0.2) is 9.80 Å². The Labute approximate surface area is 178 Å². The third-order valence-electron chi connectivity index (χ3n) is 4.31. The summed E-state index contributed by atoms with van der Waals surface area (Å²) >= 11 is 2.15. The van der Waals surface area contributed by atoms with Gasteiger partial charge in [0.25, 0.3) is 11.8 Å². The summed E-state index contributed by atoms with van der Waals surface area (Å²) in [6, 6.07) is 16.7. The van der Waals surface area contributed by atoms with Gasteiger partial charge in [-0.3, -0.25) is 15.0 Å². The number of carboxylic acid groups (broad SMARTS) is 1. The molecule has 2 N–H and O–H groups in total. The summed E-state index contributed by atoms with van der Waals surface area (Å²) in [6.07, 6.45) is 1.34. The first-order valence-electron chi connectivity index (χ1n) is 8.49. The number of benzene rings is 2. The molecule has 0 aliphatic carbocycles. The number of carbonyl (C=O) groups excluding carboxylic acids is 2. The molecule has 1 saturated heterocycles. The third kappa shape index (κ3) is 3.66. The van der Waals surface area contributed by atoms with E-state index in [0.29, 0.717) is 17.0 Å². The van der Waals surface area contributed by atoms with Gasteiger partial charge >= 0.3 is 5.97 Å². The number of halogens is 1. The number of nitrogens with one attached hydrogen (secondary N) is 1. The van der Waals surface area contributed by atoms with Crippen molar-refractivity contribution in [1.29, 1.82) is 0 Å². The highest BCUT2D eigenvalue weighted by molar-refractivity contribution is 14.1. The van der Waals surface area contributed by atoms with Crippen molar-refractivity contribution in [2.75, 3.05) is 5.01 Å². The standard InChI is InChI=1S/C21H13IN2O5/c22-12-5-7-13(8-6-12)24-20(26)17(19(25)23-24)11-14-9-10-18(29-14)15-3-1-2-4-16(15)21(27)28/h1-11H,(H,23,25)(H,27,28). The molecule has 2 amide bonds. The SMILES string of the molecule is O=C1NN(c2ccc(I)cc2)C(=O)C1=Cc1ccc(-c2ccccc2C(=O)O)o1. The van der Waals surface area contributed by atoms with Gasteiger partial charge in [-0.15, -0.1) is 0 Å². The van der Waals surface area contributed by atoms with E-state index < -0.39 is 17.8 Å². The number of hydrogen-bond donors (Lipinski definition) is 2. The number of carbonyl (C=O) groups is 3. The number of anilines is 1. The molecular formula is C21H13IN2O5. The lowest BCUT2D eigenvalue weighted by Gasteiger charge is -2.14. The van der Waals surface area contributed by atoms with Gasteiger partial charge in [0, 0.05) is 9.13 Å². The Morgan fingerprint density at radius 1 is 1.03 bits per heavy atom. The molecule has 0 atom stereocenters. The Morgan fingerprint density at radius 3 is 2.48 bits per heavy atom. The zero-order valence-electron chi connectivity index (χ0n) is 14.8. The van der Waals surface area contributed by atoms with Crippen LogP contribution in [0, 0.1) is 3.57 Å². The van der Waals surface area contributed by atoms with Crippen molar-refractivity contribution in [2.24, 2.45) is 0 Å². The van der Waals surface area contributed by atoms with Crippen LogP contribution < -0.4 is 10.4 Å². The fourth-order valence-corrected chi connectivity index (χ4v) is 3.29. The van der Waals surface area contributed by atoms with Crippen LogP contribution in [0.15, 0.2) is 70.7 Å². The van der Waals surface area contributed by atoms with Crippen LogP contribution in [0.25, 0.3) is 17.4 Å². The first-order chi connectivity index (χ1) is 13.9. The topological polar surface area (TPSA) is 99.9 Å². The van der Waals surface area contributed by atoms with E-state index in [2.05, 4.69) is 28.0 Å². The lowest BCUT2D eigenvalue weighted by atomic mass is 10.1. The molecule has 4 rings (SSSR count). The molecular weight excluding hydrogens is 487 g/mol. The van der Waals surface area contributed by atoms with Crippen LogP contribution in [-0.4, -0.2) is 22.9 Å². The minimum absolute atomic E-state index is 0.0732. The highest BCUT2D eigenvalue weighted by Crippen LogP contribution is 2.28. The summed E-state index contributed by atoms with van der Waals surface area (Å²) < 4.78 is 6.69. The number of furan rings is 1. The number of nitrogens with zero attached hydrogens (tertiary/aromatic N) is 1. The summed E-state index contributed by atoms with van der Waals surface area (Å²) in [5, 5.41) is 10.5. The molecule has 144 valence electrons. The number of amides is 2. The average molecular weight is 500 g/mol. The molecule has 7 nitrogen and oxygen atoms in total. The fraction of sp³-hybridized carbons (Fsp3) is 0. The first kappa shape index (κ1) is 18.9. The molecule has 0 unspecified atom stereocenters. The third-order valence-corrected chi connectivity index (χ3v) is 5.03. The maximum atomic E-state index is 12.7. The summed E-state index contributed by atoms with van der Waals surface area (Å²) in [5.41, 5.74) is 3.51. The average Bonchev–Trinajstić information content (AvgIpc) is 3.29. The minimum atomic E-state index is -1.07. The Balaban J connectivity index is 1.64. The normalized spacial score (nSPS) is 15.1. The molecule has 1 fully saturated rings. The maximum absolute atomic E-state index is 12.7. The van der Waals surface area contributed by atoms with Gasteiger partial charge in [0.15, 0.2) is 0 Å². The smallest absolute Gasteiger partial charge is 0.336 e. The van der Waals surface area contributed by atoms with Crippen molar-refractivity contribution in [3.63, 3.8) is 0 Å². The predicted octanol–water partition coefficient (Wildman–Crippen LogP) is 3.71. The van der Waals surface area contributed by atoms with Crippen LogP contribution in [0.2, 0.25) is 0 Å². The van der Waals surface area contributed by atoms with E-state index in [1.165, 1.54) is 17.2 Å². The number of hydrogen-bond acceptors (Lipinski definition) is 4. The molecule has 0 bridgehead atoms. The molecule has 29 heavy (non-hydrogen) atoms. The molecule has 1 aliphatic rings. The molecule has 1 aromatic heterocycles. The van der Waals surface area contributed by atoms with Crippen LogP contribution in [0.5, 0.6) is 0 Å². The monoisotopic (exact) mass is 500 g/mol. The number of aromatic carboxylic acids is 1. The second-order valence-electron chi connectivity index (χ2n) is 6.17. The minimum Gasteiger partial charge on any atom is -0.478 e. The summed E-state index contributed by atoms with van der Waals surface area (Å²) in [7, 11) is 0. The Morgan fingerprint density at radius 2 is 1.76 bits per heavy atom. The quantitative estimate of drug-likeness (QED) is 0.323. The number of rotatable bonds is 4. The van der Waals surface area contributed by atoms with Crippen molar-refractivity contribution in [3.05, 3.63) is 81.1 Å². The first-order valence-corrected chi connectivity index (χ1v) is 9.57. The molecule has 8 heteroatoms. The molecule has 2 heterocycles. The van der Waals surface area contributed by atoms with Crippen LogP contribution in [-0.2, 0) is 9.59 Å². The molecule has 0 spiro atoms. The zero-order valence-corrected chi connectivity index (χ0v) is 16.9. The molecule has 2 aromatic carbocycles. The lowest BCUT2D eigenvalue weighted by molar-refractivity contribution is -0.117. The van der Waals surface area contributed by atoms with Gasteiger partial charge in [0.1, 0.15) is 17.1 Å². The maximum Gasteiger partial charge on any atom is 0.336 e. The van der Waals surface area contributed by atoms with Crippen molar-refractivity contribution in [1.82, 2.24) is 5.43 Å². The highest BCUT2D eigenvalue weighted by Gasteiger charge is 2.34. The van der Waals surface area contributed by atoms with E-state index in [4.69, 9.17) is 4.42 Å². The van der Waals surface area contributed by atoms with Gasteiger partial charge in [-0.2, -0.15) is 0 Å². The molecule has 0 saturated carbocycles. The predicted molar refractivity (Wildman–Crippen MR) is 114 cm³/mol. The van der Waals surface area contributed by atoms with E-state index in [1.54, 1.807) is 42.5 Å². The summed E-state index contributed by atoms with van der Waals surface area (Å²) in [6.45, 7) is 0. The van der Waals surface area contributed by atoms with Crippen LogP contribution in [0.3, 0.4) is 0 Å². The van der Waals surface area contributed by atoms with Crippen LogP contribution in [0.1, 0.15) is 16.1 Å². The Bertz CT molecular complexity index is 1160. The number of carboxylic acids is 1. The Hall–Kier alpha value is -3.40. The highest BCUT2D eigenvalue weighted by atomic mass is 127. The van der Waals surface area contributed by atoms with E-state index in [1.807, 2.05) is 12.1 Å². The van der Waals surface area contributed by atoms with Gasteiger partial charge in [-0.05, 0) is 71.1 Å². The van der Waals surface area contributed by atoms with E-state index >= 15 is 0 Å². The van der Waals surface area contributed by atoms with Crippen molar-refractivity contribution in [3.8, 4) is 11.3 Å². The van der Waals surface area contributed by atoms with Crippen LogP contribution >= 0.6 is 22.6 Å². The van der Waals surface area contributed by atoms with Crippen molar-refractivity contribution < 1.29 is 23.9 Å². The molecule has 3 aromatic rings. The Kier molecular flexibility index (Phi) is 4.93. The van der Waals surface area contributed by atoms with Gasteiger partial charge in [0.05, 0.1) is 11.3 Å². The number of hydrazine groups is 1. The summed E-state index contributed by atoms with van der Waals surface area (Å²) in [5.74, 6) is -1.52. The van der Waals surface area contributed by atoms with Crippen molar-refractivity contribution >= 4 is 52.1 Å². The van der Waals surface area contributed by atoms with Crippen molar-refractivity contribution in [2.45, 2.75) is 0 Å². The zero-order chi connectivity index (χ0) is 20.5. The molecule has 0 radical (unpaired) electrons. The second kappa shape index (κ2) is 7.55. The van der Waals surface area contributed by atoms with Gasteiger partial charge < -0.3 is 9.52 Å². The van der Waals surface area contributed by atoms with Gasteiger partial charge in [-0.1, -0.05) is 18.2 Å². The van der Waals surface area contributed by atoms with Crippen LogP contribution in [0.4, 0.5) is 5.69 Å². The van der Waals surface area contributed by atoms with E-state index in [0.717, 1.165) is 3.57 Å².